The van der Waals surface area contributed by atoms with Crippen molar-refractivity contribution in [1.29, 1.82) is 0 Å². The van der Waals surface area contributed by atoms with E-state index >= 15 is 0 Å². The second kappa shape index (κ2) is 6.98. The van der Waals surface area contributed by atoms with Gasteiger partial charge in [0.15, 0.2) is 0 Å². The fourth-order valence-electron chi connectivity index (χ4n) is 3.36. The van der Waals surface area contributed by atoms with Gasteiger partial charge in [0.05, 0.1) is 5.76 Å². The summed E-state index contributed by atoms with van der Waals surface area (Å²) in [6.45, 7) is 0. The summed E-state index contributed by atoms with van der Waals surface area (Å²) in [5.41, 5.74) is 2.79. The van der Waals surface area contributed by atoms with Gasteiger partial charge in [0.25, 0.3) is 5.91 Å². The van der Waals surface area contributed by atoms with E-state index in [1.165, 1.54) is 6.42 Å². The lowest BCUT2D eigenvalue weighted by molar-refractivity contribution is 0.000903. The van der Waals surface area contributed by atoms with E-state index in [1.807, 2.05) is 60.8 Å². The first-order valence-corrected chi connectivity index (χ1v) is 8.83. The first-order chi connectivity index (χ1) is 12.3. The second-order valence-electron chi connectivity index (χ2n) is 6.41. The molecule has 4 rings (SSSR count). The van der Waals surface area contributed by atoms with Gasteiger partial charge in [-0.1, -0.05) is 42.5 Å². The SMILES string of the molecule is O=C(c1ccccc1)N1C=Cc2ccccc2C1OC1=CCCCC1. The quantitative estimate of drug-likeness (QED) is 0.765. The van der Waals surface area contributed by atoms with Gasteiger partial charge >= 0.3 is 0 Å². The van der Waals surface area contributed by atoms with Crippen molar-refractivity contribution < 1.29 is 9.53 Å². The van der Waals surface area contributed by atoms with Gasteiger partial charge < -0.3 is 4.74 Å². The van der Waals surface area contributed by atoms with Crippen LogP contribution >= 0.6 is 0 Å². The third kappa shape index (κ3) is 3.22. The van der Waals surface area contributed by atoms with Crippen molar-refractivity contribution in [3.05, 3.63) is 89.3 Å². The molecule has 0 aromatic heterocycles. The van der Waals surface area contributed by atoms with Crippen molar-refractivity contribution in [1.82, 2.24) is 4.90 Å². The lowest BCUT2D eigenvalue weighted by Crippen LogP contribution is -2.34. The monoisotopic (exact) mass is 331 g/mol. The Bertz CT molecular complexity index is 823. The number of benzene rings is 2. The van der Waals surface area contributed by atoms with Crippen molar-refractivity contribution >= 4 is 12.0 Å². The number of rotatable bonds is 3. The minimum Gasteiger partial charge on any atom is -0.470 e. The van der Waals surface area contributed by atoms with Crippen molar-refractivity contribution in [2.45, 2.75) is 31.9 Å². The maximum Gasteiger partial charge on any atom is 0.261 e. The number of carbonyl (C=O) groups is 1. The van der Waals surface area contributed by atoms with E-state index in [0.29, 0.717) is 5.56 Å². The highest BCUT2D eigenvalue weighted by Gasteiger charge is 2.30. The molecule has 1 unspecified atom stereocenters. The Morgan fingerprint density at radius 2 is 1.80 bits per heavy atom. The molecular formula is C22H21NO2. The van der Waals surface area contributed by atoms with Crippen LogP contribution in [0, 0.1) is 0 Å². The van der Waals surface area contributed by atoms with Gasteiger partial charge in [-0.3, -0.25) is 9.69 Å². The van der Waals surface area contributed by atoms with Crippen LogP contribution in [0.1, 0.15) is 53.4 Å². The highest BCUT2D eigenvalue weighted by Crippen LogP contribution is 2.35. The lowest BCUT2D eigenvalue weighted by Gasteiger charge is -2.34. The van der Waals surface area contributed by atoms with Crippen LogP contribution in [0.25, 0.3) is 6.08 Å². The summed E-state index contributed by atoms with van der Waals surface area (Å²) in [5, 5.41) is 0. The Morgan fingerprint density at radius 3 is 2.60 bits per heavy atom. The van der Waals surface area contributed by atoms with Crippen molar-refractivity contribution in [3.8, 4) is 0 Å². The van der Waals surface area contributed by atoms with E-state index in [-0.39, 0.29) is 5.91 Å². The number of hydrogen-bond donors (Lipinski definition) is 0. The Kier molecular flexibility index (Phi) is 4.38. The number of carbonyl (C=O) groups excluding carboxylic acids is 1. The van der Waals surface area contributed by atoms with E-state index in [2.05, 4.69) is 12.1 Å². The van der Waals surface area contributed by atoms with Gasteiger partial charge in [0.2, 0.25) is 6.23 Å². The third-order valence-electron chi connectivity index (χ3n) is 4.70. The Labute approximate surface area is 148 Å². The summed E-state index contributed by atoms with van der Waals surface area (Å²) in [5.74, 6) is 0.944. The summed E-state index contributed by atoms with van der Waals surface area (Å²) < 4.78 is 6.33. The first kappa shape index (κ1) is 15.7. The minimum atomic E-state index is -0.418. The number of nitrogens with zero attached hydrogens (tertiary/aromatic N) is 1. The summed E-state index contributed by atoms with van der Waals surface area (Å²) in [4.78, 5) is 14.7. The first-order valence-electron chi connectivity index (χ1n) is 8.83. The molecule has 1 amide bonds. The zero-order valence-electron chi connectivity index (χ0n) is 14.1. The fourth-order valence-corrected chi connectivity index (χ4v) is 3.36. The second-order valence-corrected chi connectivity index (χ2v) is 6.41. The zero-order chi connectivity index (χ0) is 17.1. The molecule has 3 heteroatoms. The van der Waals surface area contributed by atoms with Crippen molar-refractivity contribution in [3.63, 3.8) is 0 Å². The summed E-state index contributed by atoms with van der Waals surface area (Å²) >= 11 is 0. The van der Waals surface area contributed by atoms with Crippen molar-refractivity contribution in [2.75, 3.05) is 0 Å². The number of amides is 1. The van der Waals surface area contributed by atoms with Gasteiger partial charge in [-0.05, 0) is 49.1 Å². The Hall–Kier alpha value is -2.81. The lowest BCUT2D eigenvalue weighted by atomic mass is 10.0. The number of hydrogen-bond acceptors (Lipinski definition) is 2. The van der Waals surface area contributed by atoms with E-state index in [0.717, 1.165) is 36.1 Å². The standard InChI is InChI=1S/C22H21NO2/c24-21(18-10-3-1-4-11-18)23-16-15-17-9-7-8-14-20(17)22(23)25-19-12-5-2-6-13-19/h1,3-4,7-12,14-16,22H,2,5-6,13H2. The molecule has 2 aromatic rings. The van der Waals surface area contributed by atoms with E-state index in [4.69, 9.17) is 4.74 Å². The Balaban J connectivity index is 1.69. The van der Waals surface area contributed by atoms with Gasteiger partial charge in [0.1, 0.15) is 0 Å². The topological polar surface area (TPSA) is 29.5 Å². The predicted octanol–water partition coefficient (Wildman–Crippen LogP) is 5.29. The number of allylic oxidation sites excluding steroid dienone is 2. The molecular weight excluding hydrogens is 310 g/mol. The maximum atomic E-state index is 13.0. The van der Waals surface area contributed by atoms with Gasteiger partial charge in [-0.2, -0.15) is 0 Å². The van der Waals surface area contributed by atoms with Gasteiger partial charge in [-0.25, -0.2) is 0 Å². The van der Waals surface area contributed by atoms with Crippen LogP contribution < -0.4 is 0 Å². The molecule has 2 aliphatic rings. The molecule has 0 saturated carbocycles. The van der Waals surface area contributed by atoms with Crippen LogP contribution in [0.2, 0.25) is 0 Å². The number of fused-ring (bicyclic) bond motifs is 1. The van der Waals surface area contributed by atoms with Crippen LogP contribution in [0.5, 0.6) is 0 Å². The molecule has 0 N–H and O–H groups in total. The fraction of sp³-hybridized carbons (Fsp3) is 0.227. The summed E-state index contributed by atoms with van der Waals surface area (Å²) in [6, 6.07) is 17.5. The zero-order valence-corrected chi connectivity index (χ0v) is 14.1. The minimum absolute atomic E-state index is 0.0484. The Morgan fingerprint density at radius 1 is 1.00 bits per heavy atom. The molecule has 2 aromatic carbocycles. The highest BCUT2D eigenvalue weighted by molar-refractivity contribution is 5.95. The van der Waals surface area contributed by atoms with E-state index in [9.17, 15) is 4.79 Å². The van der Waals surface area contributed by atoms with Crippen LogP contribution in [-0.2, 0) is 4.74 Å². The summed E-state index contributed by atoms with van der Waals surface area (Å²) in [7, 11) is 0. The largest absolute Gasteiger partial charge is 0.470 e. The van der Waals surface area contributed by atoms with Gasteiger partial charge in [-0.15, -0.1) is 0 Å². The van der Waals surface area contributed by atoms with E-state index in [1.54, 1.807) is 4.90 Å². The van der Waals surface area contributed by atoms with Gasteiger partial charge in [0, 0.05) is 23.7 Å². The molecule has 0 fully saturated rings. The molecule has 0 radical (unpaired) electrons. The third-order valence-corrected chi connectivity index (χ3v) is 4.70. The molecule has 25 heavy (non-hydrogen) atoms. The predicted molar refractivity (Wildman–Crippen MR) is 98.5 cm³/mol. The molecule has 1 atom stereocenters. The van der Waals surface area contributed by atoms with Crippen LogP contribution in [0.3, 0.4) is 0 Å². The smallest absolute Gasteiger partial charge is 0.261 e. The maximum absolute atomic E-state index is 13.0. The molecule has 126 valence electrons. The molecule has 1 aliphatic carbocycles. The molecule has 1 aliphatic heterocycles. The highest BCUT2D eigenvalue weighted by atomic mass is 16.5. The van der Waals surface area contributed by atoms with E-state index < -0.39 is 6.23 Å². The molecule has 3 nitrogen and oxygen atoms in total. The van der Waals surface area contributed by atoms with Crippen LogP contribution in [0.15, 0.2) is 72.6 Å². The molecule has 1 heterocycles. The van der Waals surface area contributed by atoms with Crippen LogP contribution in [0.4, 0.5) is 0 Å². The normalized spacial score (nSPS) is 19.1. The van der Waals surface area contributed by atoms with Crippen LogP contribution in [-0.4, -0.2) is 10.8 Å². The summed E-state index contributed by atoms with van der Waals surface area (Å²) in [6.07, 6.45) is 9.90. The molecule has 0 saturated heterocycles. The molecule has 0 spiro atoms. The molecule has 0 bridgehead atoms. The number of ether oxygens (including phenoxy) is 1. The average molecular weight is 331 g/mol. The average Bonchev–Trinajstić information content (AvgIpc) is 2.69. The van der Waals surface area contributed by atoms with Crippen molar-refractivity contribution in [2.24, 2.45) is 0 Å².